The van der Waals surface area contributed by atoms with E-state index in [-0.39, 0.29) is 17.3 Å². The van der Waals surface area contributed by atoms with Gasteiger partial charge >= 0.3 is 6.03 Å². The molecule has 2 unspecified atom stereocenters. The Bertz CT molecular complexity index is 1220. The van der Waals surface area contributed by atoms with Crippen molar-refractivity contribution in [1.29, 1.82) is 0 Å². The fraction of sp³-hybridized carbons (Fsp3) is 0.261. The molecule has 2 N–H and O–H groups in total. The van der Waals surface area contributed by atoms with Gasteiger partial charge in [-0.05, 0) is 35.1 Å². The van der Waals surface area contributed by atoms with E-state index in [0.717, 1.165) is 5.39 Å². The molecule has 4 rings (SSSR count). The van der Waals surface area contributed by atoms with Gasteiger partial charge in [-0.25, -0.2) is 9.18 Å². The Morgan fingerprint density at radius 3 is 2.43 bits per heavy atom. The van der Waals surface area contributed by atoms with Crippen LogP contribution in [0.2, 0.25) is 0 Å². The van der Waals surface area contributed by atoms with E-state index < -0.39 is 23.9 Å². The smallest absolute Gasteiger partial charge is 0.322 e. The molecule has 0 saturated carbocycles. The van der Waals surface area contributed by atoms with Gasteiger partial charge in [0, 0.05) is 29.6 Å². The van der Waals surface area contributed by atoms with Crippen LogP contribution in [0.4, 0.5) is 9.18 Å². The molecule has 0 spiro atoms. The number of amides is 3. The van der Waals surface area contributed by atoms with Crippen molar-refractivity contribution < 1.29 is 14.0 Å². The largest absolute Gasteiger partial charge is 0.324 e. The summed E-state index contributed by atoms with van der Waals surface area (Å²) in [5.41, 5.74) is 1.34. The lowest BCUT2D eigenvalue weighted by Crippen LogP contribution is -2.41. The third-order valence-corrected chi connectivity index (χ3v) is 5.73. The third-order valence-electron chi connectivity index (χ3n) is 5.73. The zero-order chi connectivity index (χ0) is 21.6. The molecule has 0 radical (unpaired) electrons. The summed E-state index contributed by atoms with van der Waals surface area (Å²) in [4.78, 5) is 41.4. The van der Waals surface area contributed by atoms with Gasteiger partial charge in [0.1, 0.15) is 11.9 Å². The molecule has 3 aromatic rings. The molecule has 1 aliphatic rings. The maximum absolute atomic E-state index is 14.2. The summed E-state index contributed by atoms with van der Waals surface area (Å²) in [5, 5.41) is 3.55. The number of carbonyl (C=O) groups excluding carboxylic acids is 2. The average Bonchev–Trinajstić information content (AvgIpc) is 2.95. The number of likely N-dealkylation sites (N-methyl/N-ethyl adjacent to an activating group) is 1. The molecule has 7 heteroatoms. The third kappa shape index (κ3) is 3.26. The van der Waals surface area contributed by atoms with E-state index in [1.165, 1.54) is 11.0 Å². The Morgan fingerprint density at radius 2 is 1.80 bits per heavy atom. The number of halogens is 1. The van der Waals surface area contributed by atoms with E-state index in [2.05, 4.69) is 10.3 Å². The SMILES string of the molecule is CC(C)C(c1ccc(-c2ccc3cccc(F)c3c2)[nH]c1=O)C1C(=O)NC(=O)N1C. The van der Waals surface area contributed by atoms with Crippen LogP contribution in [0.1, 0.15) is 25.3 Å². The molecule has 3 amide bonds. The first-order valence-corrected chi connectivity index (χ1v) is 9.77. The molecule has 1 saturated heterocycles. The molecule has 1 aromatic heterocycles. The van der Waals surface area contributed by atoms with Crippen LogP contribution in [0.25, 0.3) is 22.0 Å². The molecule has 2 aromatic carbocycles. The minimum atomic E-state index is -0.751. The Hall–Kier alpha value is -3.48. The van der Waals surface area contributed by atoms with Gasteiger partial charge in [0.2, 0.25) is 0 Å². The number of nitrogens with zero attached hydrogens (tertiary/aromatic N) is 1. The van der Waals surface area contributed by atoms with Crippen molar-refractivity contribution in [3.63, 3.8) is 0 Å². The van der Waals surface area contributed by atoms with E-state index in [9.17, 15) is 18.8 Å². The maximum Gasteiger partial charge on any atom is 0.324 e. The highest BCUT2D eigenvalue weighted by atomic mass is 19.1. The van der Waals surface area contributed by atoms with Crippen LogP contribution in [-0.4, -0.2) is 34.9 Å². The first-order chi connectivity index (χ1) is 14.3. The van der Waals surface area contributed by atoms with Crippen molar-refractivity contribution in [3.05, 3.63) is 70.3 Å². The van der Waals surface area contributed by atoms with Crippen LogP contribution in [0.3, 0.4) is 0 Å². The predicted octanol–water partition coefficient (Wildman–Crippen LogP) is 3.62. The number of aromatic amines is 1. The normalized spacial score (nSPS) is 17.6. The molecule has 1 fully saturated rings. The molecule has 6 nitrogen and oxygen atoms in total. The molecular weight excluding hydrogens is 385 g/mol. The summed E-state index contributed by atoms with van der Waals surface area (Å²) in [6.07, 6.45) is 0. The zero-order valence-electron chi connectivity index (χ0n) is 16.9. The highest BCUT2D eigenvalue weighted by Crippen LogP contribution is 2.32. The number of H-pyrrole nitrogens is 1. The van der Waals surface area contributed by atoms with Gasteiger partial charge in [-0.1, -0.05) is 44.2 Å². The standard InChI is InChI=1S/C23H22FN3O3/c1-12(2)19(20-22(29)26-23(30)27(20)3)15-9-10-18(25-21(15)28)14-8-7-13-5-4-6-17(24)16(13)11-14/h4-12,19-20H,1-3H3,(H,25,28)(H,26,29,30). The summed E-state index contributed by atoms with van der Waals surface area (Å²) < 4.78 is 14.2. The Labute approximate surface area is 172 Å². The number of urea groups is 1. The van der Waals surface area contributed by atoms with Gasteiger partial charge in [-0.2, -0.15) is 0 Å². The number of hydrogen-bond acceptors (Lipinski definition) is 3. The number of benzene rings is 2. The van der Waals surface area contributed by atoms with Crippen molar-refractivity contribution in [2.75, 3.05) is 7.05 Å². The molecule has 2 atom stereocenters. The number of hydrogen-bond donors (Lipinski definition) is 2. The van der Waals surface area contributed by atoms with E-state index in [1.54, 1.807) is 37.4 Å². The quantitative estimate of drug-likeness (QED) is 0.648. The predicted molar refractivity (Wildman–Crippen MR) is 113 cm³/mol. The minimum absolute atomic E-state index is 0.0594. The van der Waals surface area contributed by atoms with Gasteiger partial charge in [-0.15, -0.1) is 0 Å². The second-order valence-corrected chi connectivity index (χ2v) is 7.95. The fourth-order valence-corrected chi connectivity index (χ4v) is 4.19. The highest BCUT2D eigenvalue weighted by Gasteiger charge is 2.43. The molecule has 0 bridgehead atoms. The van der Waals surface area contributed by atoms with Gasteiger partial charge in [-0.3, -0.25) is 14.9 Å². The molecule has 30 heavy (non-hydrogen) atoms. The number of aromatic nitrogens is 1. The Kier molecular flexibility index (Phi) is 4.89. The van der Waals surface area contributed by atoms with Crippen molar-refractivity contribution in [2.24, 2.45) is 5.92 Å². The summed E-state index contributed by atoms with van der Waals surface area (Å²) in [5.74, 6) is -1.26. The molecular formula is C23H22FN3O3. The van der Waals surface area contributed by atoms with Gasteiger partial charge in [0.05, 0.1) is 0 Å². The molecule has 0 aliphatic carbocycles. The molecule has 154 valence electrons. The highest BCUT2D eigenvalue weighted by molar-refractivity contribution is 6.04. The van der Waals surface area contributed by atoms with Crippen LogP contribution < -0.4 is 10.9 Å². The lowest BCUT2D eigenvalue weighted by atomic mass is 9.82. The topological polar surface area (TPSA) is 82.3 Å². The monoisotopic (exact) mass is 407 g/mol. The van der Waals surface area contributed by atoms with Crippen molar-refractivity contribution in [2.45, 2.75) is 25.8 Å². The first kappa shape index (κ1) is 19.8. The molecule has 2 heterocycles. The minimum Gasteiger partial charge on any atom is -0.322 e. The van der Waals surface area contributed by atoms with Gasteiger partial charge in [0.25, 0.3) is 11.5 Å². The van der Waals surface area contributed by atoms with Crippen LogP contribution >= 0.6 is 0 Å². The van der Waals surface area contributed by atoms with Crippen molar-refractivity contribution >= 4 is 22.7 Å². The number of nitrogens with one attached hydrogen (secondary N) is 2. The average molecular weight is 407 g/mol. The van der Waals surface area contributed by atoms with Gasteiger partial charge in [0.15, 0.2) is 0 Å². The van der Waals surface area contributed by atoms with Crippen LogP contribution in [0, 0.1) is 11.7 Å². The summed E-state index contributed by atoms with van der Waals surface area (Å²) in [6, 6.07) is 12.4. The number of imide groups is 1. The fourth-order valence-electron chi connectivity index (χ4n) is 4.19. The summed E-state index contributed by atoms with van der Waals surface area (Å²) in [6.45, 7) is 3.82. The molecule has 1 aliphatic heterocycles. The second-order valence-electron chi connectivity index (χ2n) is 7.95. The lowest BCUT2D eigenvalue weighted by molar-refractivity contribution is -0.122. The second kappa shape index (κ2) is 7.40. The first-order valence-electron chi connectivity index (χ1n) is 9.77. The summed E-state index contributed by atoms with van der Waals surface area (Å²) >= 11 is 0. The number of pyridine rings is 1. The van der Waals surface area contributed by atoms with Crippen LogP contribution in [0.15, 0.2) is 53.3 Å². The van der Waals surface area contributed by atoms with Crippen LogP contribution in [-0.2, 0) is 4.79 Å². The van der Waals surface area contributed by atoms with E-state index in [1.807, 2.05) is 26.0 Å². The van der Waals surface area contributed by atoms with E-state index >= 15 is 0 Å². The lowest BCUT2D eigenvalue weighted by Gasteiger charge is -2.29. The zero-order valence-corrected chi connectivity index (χ0v) is 16.9. The number of fused-ring (bicyclic) bond motifs is 1. The number of rotatable bonds is 4. The Morgan fingerprint density at radius 1 is 1.03 bits per heavy atom. The Balaban J connectivity index is 1.76. The number of carbonyl (C=O) groups is 2. The van der Waals surface area contributed by atoms with Gasteiger partial charge < -0.3 is 9.88 Å². The van der Waals surface area contributed by atoms with Crippen molar-refractivity contribution in [1.82, 2.24) is 15.2 Å². The van der Waals surface area contributed by atoms with Crippen molar-refractivity contribution in [3.8, 4) is 11.3 Å². The summed E-state index contributed by atoms with van der Waals surface area (Å²) in [7, 11) is 1.55. The maximum atomic E-state index is 14.2. The van der Waals surface area contributed by atoms with Crippen LogP contribution in [0.5, 0.6) is 0 Å². The van der Waals surface area contributed by atoms with E-state index in [0.29, 0.717) is 22.2 Å². The van der Waals surface area contributed by atoms with E-state index in [4.69, 9.17) is 0 Å².